The van der Waals surface area contributed by atoms with Gasteiger partial charge in [0.2, 0.25) is 0 Å². The van der Waals surface area contributed by atoms with Gasteiger partial charge >= 0.3 is 0 Å². The summed E-state index contributed by atoms with van der Waals surface area (Å²) in [5.41, 5.74) is 1.62. The van der Waals surface area contributed by atoms with E-state index in [-0.39, 0.29) is 12.4 Å². The van der Waals surface area contributed by atoms with Crippen molar-refractivity contribution in [3.8, 4) is 11.5 Å². The van der Waals surface area contributed by atoms with Crippen LogP contribution in [0.25, 0.3) is 0 Å². The second-order valence-electron chi connectivity index (χ2n) is 5.89. The first-order valence-corrected chi connectivity index (χ1v) is 9.39. The van der Waals surface area contributed by atoms with Crippen molar-refractivity contribution in [3.63, 3.8) is 0 Å². The molecular formula is C20H25BrFNO2. The van der Waals surface area contributed by atoms with Gasteiger partial charge in [-0.1, -0.05) is 41.1 Å². The molecule has 0 aliphatic carbocycles. The van der Waals surface area contributed by atoms with Crippen LogP contribution in [0.4, 0.5) is 4.39 Å². The van der Waals surface area contributed by atoms with Crippen molar-refractivity contribution in [1.82, 2.24) is 5.32 Å². The molecule has 5 heteroatoms. The SMILES string of the molecule is CCOc1cc(CNC(C)CC)c(Br)cc1OCc1ccccc1F. The molecule has 2 rings (SSSR count). The Balaban J connectivity index is 2.16. The lowest BCUT2D eigenvalue weighted by Crippen LogP contribution is -2.24. The lowest BCUT2D eigenvalue weighted by atomic mass is 10.1. The third kappa shape index (κ3) is 5.72. The van der Waals surface area contributed by atoms with E-state index < -0.39 is 0 Å². The van der Waals surface area contributed by atoms with Crippen LogP contribution in [0.1, 0.15) is 38.3 Å². The molecule has 1 atom stereocenters. The maximum absolute atomic E-state index is 13.8. The van der Waals surface area contributed by atoms with Gasteiger partial charge in [-0.25, -0.2) is 4.39 Å². The van der Waals surface area contributed by atoms with Gasteiger partial charge in [-0.05, 0) is 44.0 Å². The summed E-state index contributed by atoms with van der Waals surface area (Å²) in [6.45, 7) is 7.67. The predicted octanol–water partition coefficient (Wildman–Crippen LogP) is 5.45. The number of ether oxygens (including phenoxy) is 2. The lowest BCUT2D eigenvalue weighted by Gasteiger charge is -2.17. The molecule has 25 heavy (non-hydrogen) atoms. The molecule has 2 aromatic rings. The maximum Gasteiger partial charge on any atom is 0.162 e. The minimum atomic E-state index is -0.270. The summed E-state index contributed by atoms with van der Waals surface area (Å²) in [5.74, 6) is 1.00. The highest BCUT2D eigenvalue weighted by Gasteiger charge is 2.12. The minimum Gasteiger partial charge on any atom is -0.490 e. The van der Waals surface area contributed by atoms with E-state index in [0.29, 0.717) is 29.7 Å². The van der Waals surface area contributed by atoms with Gasteiger partial charge in [0.25, 0.3) is 0 Å². The molecule has 0 aliphatic heterocycles. The number of halogens is 2. The standard InChI is InChI=1S/C20H25BrFNO2/c1-4-14(3)23-12-16-10-19(24-5-2)20(11-17(16)21)25-13-15-8-6-7-9-18(15)22/h6-11,14,23H,4-5,12-13H2,1-3H3. The van der Waals surface area contributed by atoms with Crippen LogP contribution in [0, 0.1) is 5.82 Å². The monoisotopic (exact) mass is 409 g/mol. The van der Waals surface area contributed by atoms with E-state index in [0.717, 1.165) is 23.0 Å². The van der Waals surface area contributed by atoms with E-state index in [2.05, 4.69) is 35.1 Å². The lowest BCUT2D eigenvalue weighted by molar-refractivity contribution is 0.265. The fourth-order valence-corrected chi connectivity index (χ4v) is 2.76. The van der Waals surface area contributed by atoms with Crippen LogP contribution in [-0.2, 0) is 13.2 Å². The number of hydrogen-bond donors (Lipinski definition) is 1. The number of benzene rings is 2. The Morgan fingerprint density at radius 2 is 1.80 bits per heavy atom. The highest BCUT2D eigenvalue weighted by Crippen LogP contribution is 2.34. The summed E-state index contributed by atoms with van der Waals surface area (Å²) in [7, 11) is 0. The molecule has 0 radical (unpaired) electrons. The molecule has 1 unspecified atom stereocenters. The second kappa shape index (κ2) is 9.78. The normalized spacial score (nSPS) is 12.0. The van der Waals surface area contributed by atoms with Gasteiger partial charge in [0.15, 0.2) is 11.5 Å². The summed E-state index contributed by atoms with van der Waals surface area (Å²) < 4.78 is 26.2. The largest absolute Gasteiger partial charge is 0.490 e. The summed E-state index contributed by atoms with van der Waals surface area (Å²) in [5, 5.41) is 3.47. The molecule has 0 amide bonds. The van der Waals surface area contributed by atoms with Crippen molar-refractivity contribution in [3.05, 3.63) is 57.8 Å². The van der Waals surface area contributed by atoms with Gasteiger partial charge in [0.05, 0.1) is 6.61 Å². The average molecular weight is 410 g/mol. The molecule has 2 aromatic carbocycles. The van der Waals surface area contributed by atoms with Crippen LogP contribution in [0.2, 0.25) is 0 Å². The Hall–Kier alpha value is -1.59. The van der Waals surface area contributed by atoms with E-state index in [4.69, 9.17) is 9.47 Å². The van der Waals surface area contributed by atoms with Crippen molar-refractivity contribution in [2.75, 3.05) is 6.61 Å². The molecule has 0 aromatic heterocycles. The Morgan fingerprint density at radius 1 is 1.08 bits per heavy atom. The van der Waals surface area contributed by atoms with E-state index in [1.165, 1.54) is 6.07 Å². The Morgan fingerprint density at radius 3 is 2.48 bits per heavy atom. The van der Waals surface area contributed by atoms with Crippen molar-refractivity contribution in [1.29, 1.82) is 0 Å². The van der Waals surface area contributed by atoms with Crippen molar-refractivity contribution >= 4 is 15.9 Å². The van der Waals surface area contributed by atoms with E-state index in [9.17, 15) is 4.39 Å². The molecule has 0 spiro atoms. The third-order valence-corrected chi connectivity index (χ3v) is 4.75. The Labute approximate surface area is 157 Å². The number of rotatable bonds is 9. The zero-order chi connectivity index (χ0) is 18.2. The van der Waals surface area contributed by atoms with E-state index in [1.807, 2.05) is 19.1 Å². The zero-order valence-corrected chi connectivity index (χ0v) is 16.5. The fourth-order valence-electron chi connectivity index (χ4n) is 2.29. The molecule has 0 aliphatic rings. The molecule has 3 nitrogen and oxygen atoms in total. The van der Waals surface area contributed by atoms with Gasteiger partial charge in [-0.15, -0.1) is 0 Å². The minimum absolute atomic E-state index is 0.156. The highest BCUT2D eigenvalue weighted by molar-refractivity contribution is 9.10. The molecule has 0 heterocycles. The van der Waals surface area contributed by atoms with Crippen molar-refractivity contribution in [2.45, 2.75) is 46.4 Å². The Kier molecular flexibility index (Phi) is 7.72. The van der Waals surface area contributed by atoms with Gasteiger partial charge in [0, 0.05) is 22.6 Å². The molecule has 136 valence electrons. The van der Waals surface area contributed by atoms with Crippen LogP contribution in [-0.4, -0.2) is 12.6 Å². The van der Waals surface area contributed by atoms with Gasteiger partial charge in [-0.3, -0.25) is 0 Å². The van der Waals surface area contributed by atoms with Crippen LogP contribution in [0.3, 0.4) is 0 Å². The zero-order valence-electron chi connectivity index (χ0n) is 14.9. The van der Waals surface area contributed by atoms with Gasteiger partial charge in [0.1, 0.15) is 12.4 Å². The summed E-state index contributed by atoms with van der Waals surface area (Å²) in [6, 6.07) is 10.9. The van der Waals surface area contributed by atoms with E-state index in [1.54, 1.807) is 18.2 Å². The smallest absolute Gasteiger partial charge is 0.162 e. The van der Waals surface area contributed by atoms with Crippen LogP contribution < -0.4 is 14.8 Å². The highest BCUT2D eigenvalue weighted by atomic mass is 79.9. The first-order valence-electron chi connectivity index (χ1n) is 8.59. The number of nitrogens with one attached hydrogen (secondary N) is 1. The van der Waals surface area contributed by atoms with Crippen LogP contribution in [0.15, 0.2) is 40.9 Å². The molecular weight excluding hydrogens is 385 g/mol. The van der Waals surface area contributed by atoms with Crippen molar-refractivity contribution in [2.24, 2.45) is 0 Å². The summed E-state index contributed by atoms with van der Waals surface area (Å²) >= 11 is 3.60. The third-order valence-electron chi connectivity index (χ3n) is 4.01. The van der Waals surface area contributed by atoms with Crippen molar-refractivity contribution < 1.29 is 13.9 Å². The van der Waals surface area contributed by atoms with Gasteiger partial charge < -0.3 is 14.8 Å². The maximum atomic E-state index is 13.8. The first-order chi connectivity index (χ1) is 12.0. The van der Waals surface area contributed by atoms with Crippen LogP contribution in [0.5, 0.6) is 11.5 Å². The fraction of sp³-hybridized carbons (Fsp3) is 0.400. The van der Waals surface area contributed by atoms with Crippen LogP contribution >= 0.6 is 15.9 Å². The molecule has 1 N–H and O–H groups in total. The average Bonchev–Trinajstić information content (AvgIpc) is 2.61. The van der Waals surface area contributed by atoms with Gasteiger partial charge in [-0.2, -0.15) is 0 Å². The Bertz CT molecular complexity index is 693. The quantitative estimate of drug-likeness (QED) is 0.596. The first kappa shape index (κ1) is 19.7. The summed E-state index contributed by atoms with van der Waals surface area (Å²) in [6.07, 6.45) is 1.07. The number of hydrogen-bond acceptors (Lipinski definition) is 3. The molecule has 0 saturated carbocycles. The molecule has 0 bridgehead atoms. The molecule has 0 fully saturated rings. The topological polar surface area (TPSA) is 30.5 Å². The molecule has 0 saturated heterocycles. The van der Waals surface area contributed by atoms with E-state index >= 15 is 0 Å². The second-order valence-corrected chi connectivity index (χ2v) is 6.75. The predicted molar refractivity (Wildman–Crippen MR) is 103 cm³/mol. The summed E-state index contributed by atoms with van der Waals surface area (Å²) in [4.78, 5) is 0.